The highest BCUT2D eigenvalue weighted by molar-refractivity contribution is 9.10. The summed E-state index contributed by atoms with van der Waals surface area (Å²) in [5.41, 5.74) is 3.27. The van der Waals surface area contributed by atoms with Crippen LogP contribution in [-0.4, -0.2) is 9.78 Å². The lowest BCUT2D eigenvalue weighted by molar-refractivity contribution is 0.673. The Kier molecular flexibility index (Phi) is 3.88. The van der Waals surface area contributed by atoms with Crippen LogP contribution in [0.15, 0.2) is 28.7 Å². The summed E-state index contributed by atoms with van der Waals surface area (Å²) in [6, 6.07) is 8.19. The summed E-state index contributed by atoms with van der Waals surface area (Å²) >= 11 is 15.8. The summed E-state index contributed by atoms with van der Waals surface area (Å²) in [4.78, 5) is 0. The quantitative estimate of drug-likeness (QED) is 0.705. The molecule has 0 spiro atoms. The average molecular weight is 360 g/mol. The van der Waals surface area contributed by atoms with Gasteiger partial charge in [0.25, 0.3) is 0 Å². The number of halogens is 3. The molecule has 2 aromatic rings. The van der Waals surface area contributed by atoms with E-state index >= 15 is 0 Å². The maximum absolute atomic E-state index is 6.39. The lowest BCUT2D eigenvalue weighted by Crippen LogP contribution is -2.02. The zero-order chi connectivity index (χ0) is 13.4. The normalized spacial score (nSPS) is 14.9. The summed E-state index contributed by atoms with van der Waals surface area (Å²) in [7, 11) is 0. The number of rotatable bonds is 4. The van der Waals surface area contributed by atoms with Crippen LogP contribution in [0, 0.1) is 0 Å². The zero-order valence-corrected chi connectivity index (χ0v) is 13.3. The standard InChI is InChI=1S/C14H13BrCl2N2/c15-11-5-1-9(2-6-11)8-19-14(17)12(7-16)13(18-19)10-3-4-10/h1-2,5-6,10H,3-4,7-8H2. The number of hydrogen-bond donors (Lipinski definition) is 0. The fourth-order valence-corrected chi connectivity index (χ4v) is 3.03. The second kappa shape index (κ2) is 5.47. The molecule has 100 valence electrons. The molecule has 1 aliphatic rings. The van der Waals surface area contributed by atoms with Crippen molar-refractivity contribution in [2.45, 2.75) is 31.2 Å². The molecule has 0 N–H and O–H groups in total. The highest BCUT2D eigenvalue weighted by Gasteiger charge is 2.30. The molecule has 0 unspecified atom stereocenters. The Hall–Kier alpha value is -0.510. The van der Waals surface area contributed by atoms with E-state index in [1.807, 2.05) is 16.8 Å². The van der Waals surface area contributed by atoms with Gasteiger partial charge in [0.1, 0.15) is 5.15 Å². The van der Waals surface area contributed by atoms with Gasteiger partial charge in [0.05, 0.1) is 18.1 Å². The minimum atomic E-state index is 0.436. The van der Waals surface area contributed by atoms with E-state index in [1.54, 1.807) is 0 Å². The van der Waals surface area contributed by atoms with Crippen molar-refractivity contribution < 1.29 is 0 Å². The first-order valence-corrected chi connectivity index (χ1v) is 7.95. The monoisotopic (exact) mass is 358 g/mol. The van der Waals surface area contributed by atoms with E-state index in [0.29, 0.717) is 23.5 Å². The molecule has 1 saturated carbocycles. The highest BCUT2D eigenvalue weighted by atomic mass is 79.9. The molecule has 0 aliphatic heterocycles. The van der Waals surface area contributed by atoms with Crippen molar-refractivity contribution in [3.63, 3.8) is 0 Å². The molecule has 0 radical (unpaired) electrons. The molecule has 1 fully saturated rings. The van der Waals surface area contributed by atoms with Crippen molar-refractivity contribution in [3.05, 3.63) is 50.7 Å². The van der Waals surface area contributed by atoms with Gasteiger partial charge in [0.15, 0.2) is 0 Å². The molecule has 3 rings (SSSR count). The summed E-state index contributed by atoms with van der Waals surface area (Å²) < 4.78 is 2.93. The van der Waals surface area contributed by atoms with E-state index in [1.165, 1.54) is 18.4 Å². The van der Waals surface area contributed by atoms with Crippen molar-refractivity contribution in [2.75, 3.05) is 0 Å². The summed E-state index contributed by atoms with van der Waals surface area (Å²) in [6.45, 7) is 0.683. The molecule has 0 saturated heterocycles. The van der Waals surface area contributed by atoms with Gasteiger partial charge in [0, 0.05) is 16.0 Å². The predicted molar refractivity (Wildman–Crippen MR) is 82.0 cm³/mol. The maximum atomic E-state index is 6.39. The third-order valence-corrected chi connectivity index (χ3v) is 4.58. The van der Waals surface area contributed by atoms with Gasteiger partial charge in [-0.2, -0.15) is 5.10 Å². The van der Waals surface area contributed by atoms with Crippen LogP contribution in [0.25, 0.3) is 0 Å². The molecule has 0 bridgehead atoms. The van der Waals surface area contributed by atoms with E-state index in [9.17, 15) is 0 Å². The first-order chi connectivity index (χ1) is 9.19. The topological polar surface area (TPSA) is 17.8 Å². The van der Waals surface area contributed by atoms with Crippen LogP contribution in [0.2, 0.25) is 5.15 Å². The van der Waals surface area contributed by atoms with E-state index in [-0.39, 0.29) is 0 Å². The lowest BCUT2D eigenvalue weighted by atomic mass is 10.2. The van der Waals surface area contributed by atoms with Gasteiger partial charge in [-0.25, -0.2) is 4.68 Å². The largest absolute Gasteiger partial charge is 0.249 e. The van der Waals surface area contributed by atoms with Gasteiger partial charge in [-0.1, -0.05) is 39.7 Å². The van der Waals surface area contributed by atoms with Crippen molar-refractivity contribution in [2.24, 2.45) is 0 Å². The van der Waals surface area contributed by atoms with Crippen molar-refractivity contribution in [1.29, 1.82) is 0 Å². The Bertz CT molecular complexity index is 588. The third kappa shape index (κ3) is 2.83. The van der Waals surface area contributed by atoms with Crippen LogP contribution in [0.5, 0.6) is 0 Å². The number of hydrogen-bond acceptors (Lipinski definition) is 1. The molecule has 1 heterocycles. The molecule has 1 aliphatic carbocycles. The fraction of sp³-hybridized carbons (Fsp3) is 0.357. The predicted octanol–water partition coefficient (Wildman–Crippen LogP) is 4.96. The Morgan fingerprint density at radius 1 is 1.26 bits per heavy atom. The first kappa shape index (κ1) is 13.5. The third-order valence-electron chi connectivity index (χ3n) is 3.36. The SMILES string of the molecule is ClCc1c(C2CC2)nn(Cc2ccc(Br)cc2)c1Cl. The number of benzene rings is 1. The lowest BCUT2D eigenvalue weighted by Gasteiger charge is -2.04. The maximum Gasteiger partial charge on any atom is 0.132 e. The van der Waals surface area contributed by atoms with Crippen LogP contribution < -0.4 is 0 Å². The van der Waals surface area contributed by atoms with Crippen molar-refractivity contribution in [3.8, 4) is 0 Å². The molecule has 2 nitrogen and oxygen atoms in total. The van der Waals surface area contributed by atoms with Gasteiger partial charge in [-0.3, -0.25) is 0 Å². The van der Waals surface area contributed by atoms with Crippen LogP contribution in [0.3, 0.4) is 0 Å². The van der Waals surface area contributed by atoms with Crippen LogP contribution in [-0.2, 0) is 12.4 Å². The number of alkyl halides is 1. The summed E-state index contributed by atoms with van der Waals surface area (Å²) in [6.07, 6.45) is 2.41. The van der Waals surface area contributed by atoms with Gasteiger partial charge < -0.3 is 0 Å². The van der Waals surface area contributed by atoms with E-state index < -0.39 is 0 Å². The molecule has 0 atom stereocenters. The molecule has 1 aromatic heterocycles. The van der Waals surface area contributed by atoms with Gasteiger partial charge in [-0.05, 0) is 30.5 Å². The first-order valence-electron chi connectivity index (χ1n) is 6.24. The molecular formula is C14H13BrCl2N2. The van der Waals surface area contributed by atoms with Crippen molar-refractivity contribution >= 4 is 39.1 Å². The zero-order valence-electron chi connectivity index (χ0n) is 10.2. The van der Waals surface area contributed by atoms with E-state index in [2.05, 4.69) is 33.2 Å². The van der Waals surface area contributed by atoms with Crippen LogP contribution in [0.1, 0.15) is 35.6 Å². The minimum Gasteiger partial charge on any atom is -0.249 e. The minimum absolute atomic E-state index is 0.436. The molecule has 1 aromatic carbocycles. The molecular weight excluding hydrogens is 347 g/mol. The average Bonchev–Trinajstić information content (AvgIpc) is 3.19. The van der Waals surface area contributed by atoms with Crippen LogP contribution >= 0.6 is 39.1 Å². The highest BCUT2D eigenvalue weighted by Crippen LogP contribution is 2.43. The summed E-state index contributed by atoms with van der Waals surface area (Å²) in [5, 5.41) is 5.33. The Balaban J connectivity index is 1.90. The summed E-state index contributed by atoms with van der Waals surface area (Å²) in [5.74, 6) is 1.00. The Morgan fingerprint density at radius 2 is 1.95 bits per heavy atom. The number of aromatic nitrogens is 2. The van der Waals surface area contributed by atoms with Crippen molar-refractivity contribution in [1.82, 2.24) is 9.78 Å². The van der Waals surface area contributed by atoms with Crippen LogP contribution in [0.4, 0.5) is 0 Å². The van der Waals surface area contributed by atoms with E-state index in [4.69, 9.17) is 23.2 Å². The van der Waals surface area contributed by atoms with Gasteiger partial charge >= 0.3 is 0 Å². The molecule has 19 heavy (non-hydrogen) atoms. The Morgan fingerprint density at radius 3 is 2.53 bits per heavy atom. The Labute approximate surface area is 130 Å². The second-order valence-electron chi connectivity index (χ2n) is 4.85. The molecule has 5 heteroatoms. The molecule has 0 amide bonds. The van der Waals surface area contributed by atoms with Gasteiger partial charge in [-0.15, -0.1) is 11.6 Å². The van der Waals surface area contributed by atoms with Gasteiger partial charge in [0.2, 0.25) is 0 Å². The fourth-order valence-electron chi connectivity index (χ4n) is 2.17. The second-order valence-corrected chi connectivity index (χ2v) is 6.39. The van der Waals surface area contributed by atoms with E-state index in [0.717, 1.165) is 15.7 Å². The number of nitrogens with zero attached hydrogens (tertiary/aromatic N) is 2. The smallest absolute Gasteiger partial charge is 0.132 e.